The number of thiol groups is 1. The molecule has 1 amide bonds. The number of benzene rings is 1. The summed E-state index contributed by atoms with van der Waals surface area (Å²) in [6, 6.07) is 3.92. The van der Waals surface area contributed by atoms with Crippen LogP contribution in [0.5, 0.6) is 0 Å². The lowest BCUT2D eigenvalue weighted by molar-refractivity contribution is -0.137. The molecule has 1 aromatic carbocycles. The van der Waals surface area contributed by atoms with E-state index < -0.39 is 11.7 Å². The predicted octanol–water partition coefficient (Wildman–Crippen LogP) is 3.05. The average Bonchev–Trinajstić information content (AvgIpc) is 2.56. The number of anilines is 1. The standard InChI is InChI=1S/C12H12F3NOS/c1-7-3-2-4-9(12(13,14)15)11(7)16-6-8(18)5-10(16)17/h2-4,8,18H,5-6H2,1H3. The Hall–Kier alpha value is -1.17. The van der Waals surface area contributed by atoms with Gasteiger partial charge < -0.3 is 4.90 Å². The molecular weight excluding hydrogens is 263 g/mol. The van der Waals surface area contributed by atoms with E-state index in [-0.39, 0.29) is 29.8 Å². The molecule has 1 aromatic rings. The van der Waals surface area contributed by atoms with Gasteiger partial charge in [0, 0.05) is 18.2 Å². The highest BCUT2D eigenvalue weighted by atomic mass is 32.1. The third-order valence-electron chi connectivity index (χ3n) is 2.92. The van der Waals surface area contributed by atoms with Crippen molar-refractivity contribution in [3.63, 3.8) is 0 Å². The highest BCUT2D eigenvalue weighted by Gasteiger charge is 2.39. The van der Waals surface area contributed by atoms with Crippen LogP contribution in [0.2, 0.25) is 0 Å². The quantitative estimate of drug-likeness (QED) is 0.781. The van der Waals surface area contributed by atoms with Crippen LogP contribution in [-0.2, 0) is 11.0 Å². The number of nitrogens with zero attached hydrogens (tertiary/aromatic N) is 1. The van der Waals surface area contributed by atoms with E-state index in [9.17, 15) is 18.0 Å². The van der Waals surface area contributed by atoms with Gasteiger partial charge in [0.15, 0.2) is 0 Å². The predicted molar refractivity (Wildman–Crippen MR) is 65.9 cm³/mol. The number of halogens is 3. The van der Waals surface area contributed by atoms with Crippen LogP contribution in [0.15, 0.2) is 18.2 Å². The number of aryl methyl sites for hydroxylation is 1. The van der Waals surface area contributed by atoms with Crippen LogP contribution in [0, 0.1) is 6.92 Å². The number of carbonyl (C=O) groups is 1. The number of hydrogen-bond acceptors (Lipinski definition) is 2. The molecule has 6 heteroatoms. The lowest BCUT2D eigenvalue weighted by Gasteiger charge is -2.23. The summed E-state index contributed by atoms with van der Waals surface area (Å²) in [5, 5.41) is -0.210. The third kappa shape index (κ3) is 2.34. The second kappa shape index (κ2) is 4.50. The van der Waals surface area contributed by atoms with Gasteiger partial charge in [0.25, 0.3) is 0 Å². The molecule has 1 aliphatic rings. The third-order valence-corrected chi connectivity index (χ3v) is 3.26. The Kier molecular flexibility index (Phi) is 3.31. The van der Waals surface area contributed by atoms with Gasteiger partial charge in [0.05, 0.1) is 11.3 Å². The molecule has 0 aromatic heterocycles. The summed E-state index contributed by atoms with van der Waals surface area (Å²) in [6.07, 6.45) is -4.29. The number of alkyl halides is 3. The van der Waals surface area contributed by atoms with Gasteiger partial charge in [0.1, 0.15) is 0 Å². The number of para-hydroxylation sites is 1. The Morgan fingerprint density at radius 3 is 2.56 bits per heavy atom. The number of amides is 1. The normalized spacial score (nSPS) is 20.6. The largest absolute Gasteiger partial charge is 0.418 e. The molecule has 1 heterocycles. The van der Waals surface area contributed by atoms with Crippen molar-refractivity contribution in [3.8, 4) is 0 Å². The Morgan fingerprint density at radius 2 is 2.06 bits per heavy atom. The van der Waals surface area contributed by atoms with Gasteiger partial charge in [-0.2, -0.15) is 25.8 Å². The van der Waals surface area contributed by atoms with Crippen molar-refractivity contribution in [1.82, 2.24) is 0 Å². The van der Waals surface area contributed by atoms with Gasteiger partial charge in [0.2, 0.25) is 5.91 Å². The zero-order chi connectivity index (χ0) is 13.5. The molecule has 0 saturated carbocycles. The first kappa shape index (κ1) is 13.3. The minimum Gasteiger partial charge on any atom is -0.310 e. The molecule has 18 heavy (non-hydrogen) atoms. The Bertz CT molecular complexity index is 487. The van der Waals surface area contributed by atoms with Gasteiger partial charge in [-0.05, 0) is 18.6 Å². The number of carbonyl (C=O) groups excluding carboxylic acids is 1. The Morgan fingerprint density at radius 1 is 1.39 bits per heavy atom. The smallest absolute Gasteiger partial charge is 0.310 e. The van der Waals surface area contributed by atoms with Gasteiger partial charge in [-0.25, -0.2) is 0 Å². The van der Waals surface area contributed by atoms with E-state index in [1.165, 1.54) is 11.0 Å². The maximum Gasteiger partial charge on any atom is 0.418 e. The first-order valence-electron chi connectivity index (χ1n) is 5.46. The van der Waals surface area contributed by atoms with Crippen LogP contribution in [-0.4, -0.2) is 17.7 Å². The number of rotatable bonds is 1. The first-order valence-corrected chi connectivity index (χ1v) is 5.97. The monoisotopic (exact) mass is 275 g/mol. The molecule has 1 aliphatic heterocycles. The summed E-state index contributed by atoms with van der Waals surface area (Å²) in [6.45, 7) is 1.79. The van der Waals surface area contributed by atoms with E-state index in [1.54, 1.807) is 13.0 Å². The maximum atomic E-state index is 12.9. The van der Waals surface area contributed by atoms with Gasteiger partial charge >= 0.3 is 6.18 Å². The molecule has 0 bridgehead atoms. The summed E-state index contributed by atoms with van der Waals surface area (Å²) in [7, 11) is 0. The van der Waals surface area contributed by atoms with E-state index in [1.807, 2.05) is 0 Å². The van der Waals surface area contributed by atoms with Crippen LogP contribution in [0.3, 0.4) is 0 Å². The lowest BCUT2D eigenvalue weighted by atomic mass is 10.1. The van der Waals surface area contributed by atoms with Crippen LogP contribution in [0.4, 0.5) is 18.9 Å². The summed E-state index contributed by atoms with van der Waals surface area (Å²) in [5.41, 5.74) is -0.356. The molecule has 0 aliphatic carbocycles. The fourth-order valence-corrected chi connectivity index (χ4v) is 2.47. The first-order chi connectivity index (χ1) is 8.30. The molecule has 2 nitrogen and oxygen atoms in total. The topological polar surface area (TPSA) is 20.3 Å². The fraction of sp³-hybridized carbons (Fsp3) is 0.417. The summed E-state index contributed by atoms with van der Waals surface area (Å²) in [4.78, 5) is 12.9. The molecule has 1 atom stereocenters. The lowest BCUT2D eigenvalue weighted by Crippen LogP contribution is -2.28. The van der Waals surface area contributed by atoms with Crippen molar-refractivity contribution in [2.75, 3.05) is 11.4 Å². The fourth-order valence-electron chi connectivity index (χ4n) is 2.15. The number of hydrogen-bond donors (Lipinski definition) is 1. The van der Waals surface area contributed by atoms with Gasteiger partial charge in [-0.3, -0.25) is 4.79 Å². The maximum absolute atomic E-state index is 12.9. The minimum absolute atomic E-state index is 0.0356. The van der Waals surface area contributed by atoms with E-state index in [0.717, 1.165) is 6.07 Å². The summed E-state index contributed by atoms with van der Waals surface area (Å²) < 4.78 is 38.8. The second-order valence-electron chi connectivity index (χ2n) is 4.33. The van der Waals surface area contributed by atoms with Crippen LogP contribution in [0.25, 0.3) is 0 Å². The minimum atomic E-state index is -4.46. The van der Waals surface area contributed by atoms with E-state index in [4.69, 9.17) is 0 Å². The van der Waals surface area contributed by atoms with Crippen molar-refractivity contribution in [2.45, 2.75) is 24.8 Å². The molecule has 0 N–H and O–H groups in total. The van der Waals surface area contributed by atoms with Crippen molar-refractivity contribution < 1.29 is 18.0 Å². The molecule has 1 saturated heterocycles. The van der Waals surface area contributed by atoms with Crippen molar-refractivity contribution in [1.29, 1.82) is 0 Å². The molecule has 1 unspecified atom stereocenters. The zero-order valence-corrected chi connectivity index (χ0v) is 10.6. The molecule has 0 spiro atoms. The second-order valence-corrected chi connectivity index (χ2v) is 5.06. The van der Waals surface area contributed by atoms with E-state index in [0.29, 0.717) is 5.56 Å². The average molecular weight is 275 g/mol. The highest BCUT2D eigenvalue weighted by molar-refractivity contribution is 7.81. The molecule has 2 rings (SSSR count). The van der Waals surface area contributed by atoms with Crippen molar-refractivity contribution in [2.24, 2.45) is 0 Å². The molecule has 98 valence electrons. The van der Waals surface area contributed by atoms with Crippen molar-refractivity contribution >= 4 is 24.2 Å². The summed E-state index contributed by atoms with van der Waals surface area (Å²) >= 11 is 4.16. The van der Waals surface area contributed by atoms with Crippen LogP contribution >= 0.6 is 12.6 Å². The molecule has 1 fully saturated rings. The van der Waals surface area contributed by atoms with Gasteiger partial charge in [-0.15, -0.1) is 0 Å². The van der Waals surface area contributed by atoms with Crippen molar-refractivity contribution in [3.05, 3.63) is 29.3 Å². The van der Waals surface area contributed by atoms with Gasteiger partial charge in [-0.1, -0.05) is 12.1 Å². The van der Waals surface area contributed by atoms with E-state index in [2.05, 4.69) is 12.6 Å². The summed E-state index contributed by atoms with van der Waals surface area (Å²) in [5.74, 6) is -0.310. The Labute approximate surface area is 108 Å². The van der Waals surface area contributed by atoms with Crippen LogP contribution < -0.4 is 4.90 Å². The molecular formula is C12H12F3NOS. The zero-order valence-electron chi connectivity index (χ0n) is 9.66. The van der Waals surface area contributed by atoms with E-state index >= 15 is 0 Å². The molecule has 0 radical (unpaired) electrons. The highest BCUT2D eigenvalue weighted by Crippen LogP contribution is 2.40. The SMILES string of the molecule is Cc1cccc(C(F)(F)F)c1N1CC(S)CC1=O. The Balaban J connectivity index is 2.53. The van der Waals surface area contributed by atoms with Crippen LogP contribution in [0.1, 0.15) is 17.5 Å².